The Kier molecular flexibility index (Phi) is 4.03. The highest BCUT2D eigenvalue weighted by Crippen LogP contribution is 2.17. The molecule has 4 nitrogen and oxygen atoms in total. The van der Waals surface area contributed by atoms with E-state index in [9.17, 15) is 4.79 Å². The van der Waals surface area contributed by atoms with Crippen molar-refractivity contribution in [2.24, 2.45) is 0 Å². The van der Waals surface area contributed by atoms with E-state index in [-0.39, 0.29) is 24.1 Å². The molecule has 0 aliphatic carbocycles. The average Bonchev–Trinajstić information content (AvgIpc) is 2.47. The Bertz CT molecular complexity index is 489. The third-order valence-corrected chi connectivity index (χ3v) is 4.23. The second-order valence-corrected chi connectivity index (χ2v) is 5.82. The maximum absolute atomic E-state index is 12.4. The summed E-state index contributed by atoms with van der Waals surface area (Å²) in [5, 5.41) is 6.50. The van der Waals surface area contributed by atoms with Gasteiger partial charge >= 0.3 is 0 Å². The normalized spacial score (nSPS) is 29.6. The molecule has 2 aliphatic heterocycles. The maximum Gasteiger partial charge on any atom is 0.237 e. The number of hydrogen-bond donors (Lipinski definition) is 2. The highest BCUT2D eigenvalue weighted by molar-refractivity contribution is 5.82. The van der Waals surface area contributed by atoms with Gasteiger partial charge in [0.15, 0.2) is 0 Å². The van der Waals surface area contributed by atoms with Crippen LogP contribution in [0.5, 0.6) is 0 Å². The summed E-state index contributed by atoms with van der Waals surface area (Å²) in [6.45, 7) is 3.58. The molecule has 108 valence electrons. The van der Waals surface area contributed by atoms with E-state index >= 15 is 0 Å². The molecule has 1 fully saturated rings. The van der Waals surface area contributed by atoms with E-state index in [0.717, 1.165) is 32.4 Å². The van der Waals surface area contributed by atoms with Crippen molar-refractivity contribution in [3.05, 3.63) is 35.4 Å². The monoisotopic (exact) mass is 274 g/mol. The van der Waals surface area contributed by atoms with E-state index in [1.165, 1.54) is 11.1 Å². The summed E-state index contributed by atoms with van der Waals surface area (Å²) in [7, 11) is 0. The van der Waals surface area contributed by atoms with Crippen molar-refractivity contribution < 1.29 is 9.53 Å². The fraction of sp³-hybridized carbons (Fsp3) is 0.562. The largest absolute Gasteiger partial charge is 0.378 e. The molecule has 2 unspecified atom stereocenters. The number of amides is 1. The molecule has 0 spiro atoms. The van der Waals surface area contributed by atoms with Crippen molar-refractivity contribution in [3.63, 3.8) is 0 Å². The number of carbonyl (C=O) groups excluding carboxylic acids is 1. The fourth-order valence-electron chi connectivity index (χ4n) is 3.07. The minimum Gasteiger partial charge on any atom is -0.378 e. The van der Waals surface area contributed by atoms with Gasteiger partial charge < -0.3 is 15.4 Å². The van der Waals surface area contributed by atoms with E-state index in [0.29, 0.717) is 0 Å². The van der Waals surface area contributed by atoms with Crippen LogP contribution >= 0.6 is 0 Å². The van der Waals surface area contributed by atoms with E-state index in [1.807, 2.05) is 12.1 Å². The lowest BCUT2D eigenvalue weighted by atomic mass is 9.95. The molecule has 1 aromatic carbocycles. The number of carbonyl (C=O) groups is 1. The van der Waals surface area contributed by atoms with Crippen molar-refractivity contribution >= 4 is 5.91 Å². The van der Waals surface area contributed by atoms with Crippen LogP contribution in [0.25, 0.3) is 0 Å². The van der Waals surface area contributed by atoms with Crippen molar-refractivity contribution in [2.45, 2.75) is 50.9 Å². The molecular formula is C16H22N2O2. The SMILES string of the molecule is CC1CC(NC(=O)[C@H]2Cc3ccccc3CN2)CCO1. The van der Waals surface area contributed by atoms with Crippen LogP contribution in [0.2, 0.25) is 0 Å². The Morgan fingerprint density at radius 2 is 2.15 bits per heavy atom. The smallest absolute Gasteiger partial charge is 0.237 e. The molecule has 4 heteroatoms. The van der Waals surface area contributed by atoms with E-state index in [2.05, 4.69) is 29.7 Å². The van der Waals surface area contributed by atoms with Crippen LogP contribution in [0, 0.1) is 0 Å². The molecule has 1 saturated heterocycles. The quantitative estimate of drug-likeness (QED) is 0.857. The highest BCUT2D eigenvalue weighted by atomic mass is 16.5. The lowest BCUT2D eigenvalue weighted by Crippen LogP contribution is -2.52. The van der Waals surface area contributed by atoms with Gasteiger partial charge in [-0.25, -0.2) is 0 Å². The topological polar surface area (TPSA) is 50.4 Å². The molecule has 3 atom stereocenters. The molecule has 3 rings (SSSR count). The lowest BCUT2D eigenvalue weighted by molar-refractivity contribution is -0.125. The molecule has 20 heavy (non-hydrogen) atoms. The van der Waals surface area contributed by atoms with Gasteiger partial charge in [-0.05, 0) is 37.3 Å². The predicted octanol–water partition coefficient (Wildman–Crippen LogP) is 1.38. The Hall–Kier alpha value is -1.39. The summed E-state index contributed by atoms with van der Waals surface area (Å²) in [4.78, 5) is 12.4. The molecule has 0 saturated carbocycles. The van der Waals surface area contributed by atoms with Crippen molar-refractivity contribution in [1.82, 2.24) is 10.6 Å². The summed E-state index contributed by atoms with van der Waals surface area (Å²) < 4.78 is 5.51. The Morgan fingerprint density at radius 1 is 1.35 bits per heavy atom. The highest BCUT2D eigenvalue weighted by Gasteiger charge is 2.27. The van der Waals surface area contributed by atoms with Gasteiger partial charge in [0, 0.05) is 19.2 Å². The van der Waals surface area contributed by atoms with Gasteiger partial charge in [0.1, 0.15) is 0 Å². The number of hydrogen-bond acceptors (Lipinski definition) is 3. The maximum atomic E-state index is 12.4. The zero-order valence-electron chi connectivity index (χ0n) is 11.9. The van der Waals surface area contributed by atoms with E-state index in [4.69, 9.17) is 4.74 Å². The molecule has 1 amide bonds. The molecule has 1 aromatic rings. The van der Waals surface area contributed by atoms with Gasteiger partial charge in [-0.15, -0.1) is 0 Å². The van der Waals surface area contributed by atoms with Gasteiger partial charge in [-0.2, -0.15) is 0 Å². The molecule has 0 aromatic heterocycles. The second kappa shape index (κ2) is 5.94. The first-order chi connectivity index (χ1) is 9.72. The molecule has 2 N–H and O–H groups in total. The van der Waals surface area contributed by atoms with Crippen LogP contribution in [0.1, 0.15) is 30.9 Å². The molecule has 2 heterocycles. The lowest BCUT2D eigenvalue weighted by Gasteiger charge is -2.31. The van der Waals surface area contributed by atoms with Gasteiger partial charge in [-0.1, -0.05) is 24.3 Å². The number of fused-ring (bicyclic) bond motifs is 1. The van der Waals surface area contributed by atoms with Crippen molar-refractivity contribution in [3.8, 4) is 0 Å². The minimum atomic E-state index is -0.108. The third kappa shape index (κ3) is 3.02. The second-order valence-electron chi connectivity index (χ2n) is 5.82. The standard InChI is InChI=1S/C16H22N2O2/c1-11-8-14(6-7-20-11)18-16(19)15-9-12-4-2-3-5-13(12)10-17-15/h2-5,11,14-15,17H,6-10H2,1H3,(H,18,19)/t11?,14?,15-/m1/s1. The van der Waals surface area contributed by atoms with Gasteiger partial charge in [0.05, 0.1) is 12.1 Å². The number of benzene rings is 1. The van der Waals surface area contributed by atoms with Crippen LogP contribution < -0.4 is 10.6 Å². The zero-order valence-corrected chi connectivity index (χ0v) is 11.9. The molecule has 0 radical (unpaired) electrons. The summed E-state index contributed by atoms with van der Waals surface area (Å²) in [5.41, 5.74) is 2.59. The van der Waals surface area contributed by atoms with Gasteiger partial charge in [0.2, 0.25) is 5.91 Å². The first-order valence-corrected chi connectivity index (χ1v) is 7.44. The molecule has 2 aliphatic rings. The number of rotatable bonds is 2. The van der Waals surface area contributed by atoms with Gasteiger partial charge in [0.25, 0.3) is 0 Å². The van der Waals surface area contributed by atoms with Crippen LogP contribution in [-0.2, 0) is 22.5 Å². The predicted molar refractivity (Wildman–Crippen MR) is 77.4 cm³/mol. The summed E-state index contributed by atoms with van der Waals surface area (Å²) in [6.07, 6.45) is 2.85. The minimum absolute atomic E-state index is 0.108. The van der Waals surface area contributed by atoms with Crippen LogP contribution in [0.4, 0.5) is 0 Å². The Morgan fingerprint density at radius 3 is 2.95 bits per heavy atom. The number of nitrogens with one attached hydrogen (secondary N) is 2. The summed E-state index contributed by atoms with van der Waals surface area (Å²) >= 11 is 0. The van der Waals surface area contributed by atoms with E-state index < -0.39 is 0 Å². The summed E-state index contributed by atoms with van der Waals surface area (Å²) in [5.74, 6) is 0.124. The zero-order chi connectivity index (χ0) is 13.9. The first-order valence-electron chi connectivity index (χ1n) is 7.44. The fourth-order valence-corrected chi connectivity index (χ4v) is 3.07. The van der Waals surface area contributed by atoms with Crippen LogP contribution in [0.3, 0.4) is 0 Å². The van der Waals surface area contributed by atoms with Crippen LogP contribution in [0.15, 0.2) is 24.3 Å². The number of ether oxygens (including phenoxy) is 1. The van der Waals surface area contributed by atoms with Crippen molar-refractivity contribution in [1.29, 1.82) is 0 Å². The Balaban J connectivity index is 1.59. The van der Waals surface area contributed by atoms with Gasteiger partial charge in [-0.3, -0.25) is 4.79 Å². The van der Waals surface area contributed by atoms with Crippen molar-refractivity contribution in [2.75, 3.05) is 6.61 Å². The molecular weight excluding hydrogens is 252 g/mol. The van der Waals surface area contributed by atoms with Crippen LogP contribution in [-0.4, -0.2) is 30.7 Å². The molecule has 0 bridgehead atoms. The van der Waals surface area contributed by atoms with E-state index in [1.54, 1.807) is 0 Å². The first kappa shape index (κ1) is 13.6. The Labute approximate surface area is 119 Å². The third-order valence-electron chi connectivity index (χ3n) is 4.23. The average molecular weight is 274 g/mol. The summed E-state index contributed by atoms with van der Waals surface area (Å²) in [6, 6.07) is 8.47.